The minimum atomic E-state index is -3.73. The fourth-order valence-corrected chi connectivity index (χ4v) is 5.45. The average Bonchev–Trinajstić information content (AvgIpc) is 2.84. The molecule has 8 nitrogen and oxygen atoms in total. The van der Waals surface area contributed by atoms with E-state index in [1.807, 2.05) is 24.0 Å². The second-order valence-corrected chi connectivity index (χ2v) is 11.0. The lowest BCUT2D eigenvalue weighted by molar-refractivity contribution is 0.0987. The lowest BCUT2D eigenvalue weighted by Crippen LogP contribution is -2.24. The summed E-state index contributed by atoms with van der Waals surface area (Å²) in [5.74, 6) is 2.67. The number of pyridine rings is 1. The third kappa shape index (κ3) is 5.60. The smallest absolute Gasteiger partial charge is 0.258 e. The van der Waals surface area contributed by atoms with E-state index in [2.05, 4.69) is 20.9 Å². The van der Waals surface area contributed by atoms with Gasteiger partial charge in [0.2, 0.25) is 0 Å². The summed E-state index contributed by atoms with van der Waals surface area (Å²) in [5, 5.41) is -0.848. The molecule has 2 heterocycles. The third-order valence-electron chi connectivity index (χ3n) is 6.10. The van der Waals surface area contributed by atoms with E-state index < -0.39 is 20.9 Å². The van der Waals surface area contributed by atoms with Crippen LogP contribution in [0.3, 0.4) is 0 Å². The first-order valence-electron chi connectivity index (χ1n) is 11.5. The highest BCUT2D eigenvalue weighted by Gasteiger charge is 2.31. The van der Waals surface area contributed by atoms with Crippen molar-refractivity contribution in [3.8, 4) is 12.3 Å². The molecule has 0 amide bonds. The number of H-pyrrole nitrogens is 1. The Morgan fingerprint density at radius 3 is 2.51 bits per heavy atom. The van der Waals surface area contributed by atoms with E-state index in [1.54, 1.807) is 43.3 Å². The summed E-state index contributed by atoms with van der Waals surface area (Å²) < 4.78 is 24.9. The van der Waals surface area contributed by atoms with Crippen LogP contribution in [0.25, 0.3) is 10.9 Å². The fourth-order valence-electron chi connectivity index (χ4n) is 4.29. The van der Waals surface area contributed by atoms with E-state index in [0.717, 1.165) is 23.1 Å². The number of fused-ring (bicyclic) bond motifs is 1. The highest BCUT2D eigenvalue weighted by Crippen LogP contribution is 2.28. The first-order chi connectivity index (χ1) is 17.6. The number of aromatic amines is 1. The molecule has 4 rings (SSSR count). The Kier molecular flexibility index (Phi) is 7.23. The van der Waals surface area contributed by atoms with E-state index in [0.29, 0.717) is 28.8 Å². The molecule has 0 radical (unpaired) electrons. The van der Waals surface area contributed by atoms with Gasteiger partial charge in [-0.15, -0.1) is 6.42 Å². The monoisotopic (exact) mass is 514 g/mol. The van der Waals surface area contributed by atoms with Gasteiger partial charge in [-0.2, -0.15) is 0 Å². The number of benzene rings is 2. The molecule has 1 unspecified atom stereocenters. The van der Waals surface area contributed by atoms with Crippen LogP contribution in [-0.4, -0.2) is 42.0 Å². The van der Waals surface area contributed by atoms with Crippen molar-refractivity contribution in [1.29, 1.82) is 0 Å². The van der Waals surface area contributed by atoms with Crippen LogP contribution in [0.2, 0.25) is 0 Å². The molecule has 2 aromatic carbocycles. The summed E-state index contributed by atoms with van der Waals surface area (Å²) >= 11 is 0. The van der Waals surface area contributed by atoms with Gasteiger partial charge in [0.15, 0.2) is 20.9 Å². The van der Waals surface area contributed by atoms with Crippen LogP contribution < -0.4 is 10.5 Å². The number of ketones is 1. The molecule has 9 heteroatoms. The number of hydrogen-bond acceptors (Lipinski definition) is 7. The van der Waals surface area contributed by atoms with Crippen LogP contribution in [0.15, 0.2) is 65.7 Å². The molecule has 0 saturated heterocycles. The number of sulfone groups is 1. The minimum absolute atomic E-state index is 0.204. The summed E-state index contributed by atoms with van der Waals surface area (Å²) in [6.07, 6.45) is 9.59. The maximum absolute atomic E-state index is 13.2. The Morgan fingerprint density at radius 1 is 1.16 bits per heavy atom. The van der Waals surface area contributed by atoms with Crippen molar-refractivity contribution < 1.29 is 13.2 Å². The zero-order chi connectivity index (χ0) is 26.7. The molecule has 1 N–H and O–H groups in total. The largest absolute Gasteiger partial charge is 0.356 e. The lowest BCUT2D eigenvalue weighted by Gasteiger charge is -2.24. The van der Waals surface area contributed by atoms with Gasteiger partial charge in [0, 0.05) is 36.4 Å². The molecule has 0 saturated carbocycles. The molecule has 1 atom stereocenters. The van der Waals surface area contributed by atoms with Gasteiger partial charge in [-0.3, -0.25) is 14.6 Å². The Labute approximate surface area is 215 Å². The zero-order valence-corrected chi connectivity index (χ0v) is 21.5. The standard InChI is InChI=1S/C28H26N4O4S/c1-5-13-32(17-22-15-24-25(14-18(22)2)30-19(3)31-28(24)34)23-10-8-20(9-11-23)26(33)27(37(4,35)36)21-7-6-12-29-16-21/h1,6-12,14-16,27H,13,17H2,2-4H3,(H,30,31,34). The van der Waals surface area contributed by atoms with Crippen molar-refractivity contribution in [2.24, 2.45) is 0 Å². The molecule has 188 valence electrons. The van der Waals surface area contributed by atoms with E-state index >= 15 is 0 Å². The Hall–Kier alpha value is -4.29. The van der Waals surface area contributed by atoms with Crippen molar-refractivity contribution >= 4 is 32.2 Å². The maximum atomic E-state index is 13.2. The van der Waals surface area contributed by atoms with Crippen molar-refractivity contribution in [2.45, 2.75) is 25.6 Å². The van der Waals surface area contributed by atoms with Gasteiger partial charge < -0.3 is 9.88 Å². The van der Waals surface area contributed by atoms with E-state index in [1.165, 1.54) is 12.4 Å². The van der Waals surface area contributed by atoms with Crippen LogP contribution in [0, 0.1) is 26.2 Å². The second kappa shape index (κ2) is 10.4. The third-order valence-corrected chi connectivity index (χ3v) is 7.44. The Bertz CT molecular complexity index is 1670. The minimum Gasteiger partial charge on any atom is -0.356 e. The molecule has 4 aromatic rings. The van der Waals surface area contributed by atoms with Gasteiger partial charge in [-0.05, 0) is 73.0 Å². The molecule has 2 aromatic heterocycles. The van der Waals surface area contributed by atoms with Gasteiger partial charge in [-0.25, -0.2) is 13.4 Å². The number of nitrogens with zero attached hydrogens (tertiary/aromatic N) is 3. The molecule has 0 bridgehead atoms. The van der Waals surface area contributed by atoms with Crippen LogP contribution in [-0.2, 0) is 16.4 Å². The molecule has 0 spiro atoms. The van der Waals surface area contributed by atoms with Crippen LogP contribution >= 0.6 is 0 Å². The molecule has 37 heavy (non-hydrogen) atoms. The quantitative estimate of drug-likeness (QED) is 0.283. The maximum Gasteiger partial charge on any atom is 0.258 e. The number of aryl methyl sites for hydroxylation is 2. The van der Waals surface area contributed by atoms with Gasteiger partial charge in [0.05, 0.1) is 17.4 Å². The van der Waals surface area contributed by atoms with Crippen LogP contribution in [0.5, 0.6) is 0 Å². The van der Waals surface area contributed by atoms with Gasteiger partial charge >= 0.3 is 0 Å². The molecular formula is C28H26N4O4S. The number of Topliss-reactive ketones (excluding diaryl/α,β-unsaturated/α-hetero) is 1. The first-order valence-corrected chi connectivity index (χ1v) is 13.5. The first kappa shape index (κ1) is 25.8. The summed E-state index contributed by atoms with van der Waals surface area (Å²) in [5.41, 5.74) is 3.63. The Morgan fingerprint density at radius 2 is 1.89 bits per heavy atom. The second-order valence-electron chi connectivity index (χ2n) is 8.91. The van der Waals surface area contributed by atoms with Gasteiger partial charge in [0.1, 0.15) is 5.82 Å². The SMILES string of the molecule is C#CCN(Cc1cc2c(=O)[nH]c(C)nc2cc1C)c1ccc(C(=O)C(c2cccnc2)S(C)(=O)=O)cc1. The van der Waals surface area contributed by atoms with Crippen molar-refractivity contribution in [2.75, 3.05) is 17.7 Å². The number of nitrogens with one attached hydrogen (secondary N) is 1. The number of hydrogen-bond donors (Lipinski definition) is 1. The molecule has 0 aliphatic carbocycles. The van der Waals surface area contributed by atoms with Crippen LogP contribution in [0.1, 0.15) is 38.1 Å². The predicted octanol–water partition coefficient (Wildman–Crippen LogP) is 3.54. The number of anilines is 1. The molecular weight excluding hydrogens is 488 g/mol. The average molecular weight is 515 g/mol. The van der Waals surface area contributed by atoms with E-state index in [9.17, 15) is 18.0 Å². The normalized spacial score (nSPS) is 12.2. The van der Waals surface area contributed by atoms with E-state index in [-0.39, 0.29) is 17.7 Å². The predicted molar refractivity (Wildman–Crippen MR) is 144 cm³/mol. The lowest BCUT2D eigenvalue weighted by atomic mass is 10.0. The molecule has 0 fully saturated rings. The molecule has 0 aliphatic heterocycles. The number of carbonyl (C=O) groups is 1. The summed E-state index contributed by atoms with van der Waals surface area (Å²) in [6, 6.07) is 13.5. The fraction of sp³-hybridized carbons (Fsp3) is 0.214. The van der Waals surface area contributed by atoms with E-state index in [4.69, 9.17) is 6.42 Å². The summed E-state index contributed by atoms with van der Waals surface area (Å²) in [7, 11) is -3.73. The molecule has 0 aliphatic rings. The topological polar surface area (TPSA) is 113 Å². The number of rotatable bonds is 8. The van der Waals surface area contributed by atoms with Crippen molar-refractivity contribution in [1.82, 2.24) is 15.0 Å². The zero-order valence-electron chi connectivity index (χ0n) is 20.7. The highest BCUT2D eigenvalue weighted by atomic mass is 32.2. The highest BCUT2D eigenvalue weighted by molar-refractivity contribution is 7.91. The van der Waals surface area contributed by atoms with Gasteiger partial charge in [0.25, 0.3) is 5.56 Å². The summed E-state index contributed by atoms with van der Waals surface area (Å²) in [6.45, 7) is 4.40. The van der Waals surface area contributed by atoms with Crippen LogP contribution in [0.4, 0.5) is 5.69 Å². The van der Waals surface area contributed by atoms with Crippen molar-refractivity contribution in [3.63, 3.8) is 0 Å². The Balaban J connectivity index is 1.65. The summed E-state index contributed by atoms with van der Waals surface area (Å²) in [4.78, 5) is 38.7. The number of carbonyl (C=O) groups excluding carboxylic acids is 1. The number of terminal acetylenes is 1. The van der Waals surface area contributed by atoms with Gasteiger partial charge in [-0.1, -0.05) is 12.0 Å². The van der Waals surface area contributed by atoms with Crippen molar-refractivity contribution in [3.05, 3.63) is 99.4 Å². The number of aromatic nitrogens is 3.